The highest BCUT2D eigenvalue weighted by molar-refractivity contribution is 5.66. The van der Waals surface area contributed by atoms with Crippen molar-refractivity contribution in [3.8, 4) is 0 Å². The van der Waals surface area contributed by atoms with Crippen LogP contribution in [-0.2, 0) is 4.79 Å². The summed E-state index contributed by atoms with van der Waals surface area (Å²) in [7, 11) is 2.02. The Morgan fingerprint density at radius 1 is 0.682 bits per heavy atom. The Balaban J connectivity index is 2.95. The molecule has 0 rings (SSSR count). The average molecular weight is 315 g/mol. The van der Waals surface area contributed by atoms with Crippen molar-refractivity contribution in [3.05, 3.63) is 0 Å². The molecule has 0 aromatic carbocycles. The highest BCUT2D eigenvalue weighted by atomic mass is 16.4. The van der Waals surface area contributed by atoms with Crippen LogP contribution in [0.15, 0.2) is 0 Å². The molecule has 0 unspecified atom stereocenters. The van der Waals surface area contributed by atoms with E-state index in [0.717, 1.165) is 26.1 Å². The molecule has 0 aliphatic heterocycles. The minimum Gasteiger partial charge on any atom is -0.481 e. The molecule has 4 nitrogen and oxygen atoms in total. The Kier molecular flexibility index (Phi) is 17.9. The summed E-state index contributed by atoms with van der Waals surface area (Å²) < 4.78 is 0. The number of unbranched alkanes of at least 4 members (excludes halogenated alkanes) is 10. The van der Waals surface area contributed by atoms with E-state index in [2.05, 4.69) is 10.6 Å². The number of rotatable bonds is 18. The molecule has 0 fully saturated rings. The van der Waals surface area contributed by atoms with Crippen LogP contribution in [0.2, 0.25) is 0 Å². The summed E-state index contributed by atoms with van der Waals surface area (Å²) in [5.41, 5.74) is 0. The third kappa shape index (κ3) is 19.4. The van der Waals surface area contributed by atoms with Gasteiger partial charge < -0.3 is 15.7 Å². The molecule has 0 aliphatic rings. The second-order valence-electron chi connectivity index (χ2n) is 6.24. The van der Waals surface area contributed by atoms with Crippen LogP contribution < -0.4 is 10.6 Å². The summed E-state index contributed by atoms with van der Waals surface area (Å²) in [6.07, 6.45) is 16.0. The first-order valence-corrected chi connectivity index (χ1v) is 9.34. The number of hydrogen-bond acceptors (Lipinski definition) is 3. The Bertz CT molecular complexity index is 235. The lowest BCUT2D eigenvalue weighted by Gasteiger charge is -2.04. The van der Waals surface area contributed by atoms with Crippen molar-refractivity contribution in [1.29, 1.82) is 0 Å². The van der Waals surface area contributed by atoms with Gasteiger partial charge in [0.1, 0.15) is 0 Å². The van der Waals surface area contributed by atoms with Gasteiger partial charge >= 0.3 is 5.97 Å². The van der Waals surface area contributed by atoms with E-state index in [1.165, 1.54) is 70.6 Å². The predicted molar refractivity (Wildman–Crippen MR) is 94.5 cm³/mol. The van der Waals surface area contributed by atoms with Gasteiger partial charge in [0.2, 0.25) is 0 Å². The molecule has 22 heavy (non-hydrogen) atoms. The maximum absolute atomic E-state index is 10.3. The molecule has 3 N–H and O–H groups in total. The molecule has 0 aromatic heterocycles. The first-order valence-electron chi connectivity index (χ1n) is 9.34. The molecule has 0 aromatic rings. The lowest BCUT2D eigenvalue weighted by Crippen LogP contribution is -2.17. The van der Waals surface area contributed by atoms with Crippen molar-refractivity contribution in [1.82, 2.24) is 10.6 Å². The number of nitrogens with one attached hydrogen (secondary N) is 2. The fraction of sp³-hybridized carbons (Fsp3) is 0.944. The number of carboxylic acid groups (broad SMARTS) is 1. The smallest absolute Gasteiger partial charge is 0.303 e. The van der Waals surface area contributed by atoms with Crippen molar-refractivity contribution >= 4 is 5.97 Å². The summed E-state index contributed by atoms with van der Waals surface area (Å²) >= 11 is 0. The van der Waals surface area contributed by atoms with Gasteiger partial charge in [0.15, 0.2) is 0 Å². The van der Waals surface area contributed by atoms with E-state index in [9.17, 15) is 4.79 Å². The molecule has 0 atom stereocenters. The molecule has 0 spiro atoms. The third-order valence-electron chi connectivity index (χ3n) is 4.02. The standard InChI is InChI=1S/C18H38N2O2/c1-19-15-11-9-7-5-3-2-4-6-8-10-12-16-20-17-13-14-18(21)22/h19-20H,2-17H2,1H3,(H,21,22). The largest absolute Gasteiger partial charge is 0.481 e. The predicted octanol–water partition coefficient (Wildman–Crippen LogP) is 3.95. The zero-order valence-corrected chi connectivity index (χ0v) is 14.7. The van der Waals surface area contributed by atoms with E-state index in [-0.39, 0.29) is 6.42 Å². The van der Waals surface area contributed by atoms with Gasteiger partial charge in [0.05, 0.1) is 0 Å². The molecule has 0 saturated carbocycles. The highest BCUT2D eigenvalue weighted by Crippen LogP contribution is 2.11. The van der Waals surface area contributed by atoms with E-state index in [0.29, 0.717) is 0 Å². The van der Waals surface area contributed by atoms with Gasteiger partial charge in [-0.1, -0.05) is 57.8 Å². The maximum Gasteiger partial charge on any atom is 0.303 e. The second-order valence-corrected chi connectivity index (χ2v) is 6.24. The minimum absolute atomic E-state index is 0.280. The first kappa shape index (κ1) is 21.4. The zero-order chi connectivity index (χ0) is 16.3. The van der Waals surface area contributed by atoms with Gasteiger partial charge in [-0.3, -0.25) is 4.79 Å². The van der Waals surface area contributed by atoms with E-state index in [1.54, 1.807) is 0 Å². The van der Waals surface area contributed by atoms with Gasteiger partial charge in [-0.15, -0.1) is 0 Å². The van der Waals surface area contributed by atoms with E-state index in [4.69, 9.17) is 5.11 Å². The van der Waals surface area contributed by atoms with Crippen LogP contribution in [0, 0.1) is 0 Å². The quantitative estimate of drug-likeness (QED) is 0.335. The second kappa shape index (κ2) is 18.4. The third-order valence-corrected chi connectivity index (χ3v) is 4.02. The van der Waals surface area contributed by atoms with Crippen LogP contribution in [-0.4, -0.2) is 37.8 Å². The lowest BCUT2D eigenvalue weighted by molar-refractivity contribution is -0.137. The summed E-state index contributed by atoms with van der Waals surface area (Å²) in [4.78, 5) is 10.3. The monoisotopic (exact) mass is 314 g/mol. The van der Waals surface area contributed by atoms with Crippen molar-refractivity contribution in [2.45, 2.75) is 83.5 Å². The maximum atomic E-state index is 10.3. The normalized spacial score (nSPS) is 11.0. The van der Waals surface area contributed by atoms with Gasteiger partial charge in [-0.2, -0.15) is 0 Å². The summed E-state index contributed by atoms with van der Waals surface area (Å²) in [6.45, 7) is 3.03. The zero-order valence-electron chi connectivity index (χ0n) is 14.7. The van der Waals surface area contributed by atoms with Crippen molar-refractivity contribution in [2.24, 2.45) is 0 Å². The van der Waals surface area contributed by atoms with Crippen LogP contribution in [0.25, 0.3) is 0 Å². The molecule has 0 amide bonds. The first-order chi connectivity index (χ1) is 10.8. The number of carboxylic acids is 1. The minimum atomic E-state index is -0.695. The summed E-state index contributed by atoms with van der Waals surface area (Å²) in [5, 5.41) is 15.0. The van der Waals surface area contributed by atoms with Gasteiger partial charge in [-0.05, 0) is 45.9 Å². The Hall–Kier alpha value is -0.610. The Morgan fingerprint density at radius 2 is 1.09 bits per heavy atom. The van der Waals surface area contributed by atoms with E-state index < -0.39 is 5.97 Å². The average Bonchev–Trinajstić information content (AvgIpc) is 2.50. The summed E-state index contributed by atoms with van der Waals surface area (Å²) in [6, 6.07) is 0. The molecule has 0 aliphatic carbocycles. The van der Waals surface area contributed by atoms with Crippen LogP contribution in [0.5, 0.6) is 0 Å². The van der Waals surface area contributed by atoms with Crippen LogP contribution >= 0.6 is 0 Å². The molecule has 0 radical (unpaired) electrons. The molecular formula is C18H38N2O2. The summed E-state index contributed by atoms with van der Waals surface area (Å²) in [5.74, 6) is -0.695. The van der Waals surface area contributed by atoms with Crippen molar-refractivity contribution in [2.75, 3.05) is 26.7 Å². The van der Waals surface area contributed by atoms with Crippen LogP contribution in [0.1, 0.15) is 83.5 Å². The van der Waals surface area contributed by atoms with Gasteiger partial charge in [-0.25, -0.2) is 0 Å². The van der Waals surface area contributed by atoms with Gasteiger partial charge in [0.25, 0.3) is 0 Å². The van der Waals surface area contributed by atoms with Crippen LogP contribution in [0.3, 0.4) is 0 Å². The molecule has 0 bridgehead atoms. The Labute approximate surface area is 137 Å². The fourth-order valence-corrected chi connectivity index (χ4v) is 2.63. The topological polar surface area (TPSA) is 61.4 Å². The number of hydrogen-bond donors (Lipinski definition) is 3. The van der Waals surface area contributed by atoms with Crippen LogP contribution in [0.4, 0.5) is 0 Å². The van der Waals surface area contributed by atoms with E-state index in [1.807, 2.05) is 7.05 Å². The molecule has 4 heteroatoms. The van der Waals surface area contributed by atoms with Gasteiger partial charge in [0, 0.05) is 6.42 Å². The molecule has 0 saturated heterocycles. The molecule has 132 valence electrons. The van der Waals surface area contributed by atoms with E-state index >= 15 is 0 Å². The lowest BCUT2D eigenvalue weighted by atomic mass is 10.1. The van der Waals surface area contributed by atoms with Crippen molar-refractivity contribution in [3.63, 3.8) is 0 Å². The SMILES string of the molecule is CNCCCCCCCCCCCCCNCCCC(=O)O. The molecular weight excluding hydrogens is 276 g/mol. The van der Waals surface area contributed by atoms with Crippen molar-refractivity contribution < 1.29 is 9.90 Å². The number of carbonyl (C=O) groups is 1. The Morgan fingerprint density at radius 3 is 1.55 bits per heavy atom. The number of aliphatic carboxylic acids is 1. The fourth-order valence-electron chi connectivity index (χ4n) is 2.63. The molecule has 0 heterocycles. The highest BCUT2D eigenvalue weighted by Gasteiger charge is 1.96.